The zero-order valence-corrected chi connectivity index (χ0v) is 11.9. The first-order valence-electron chi connectivity index (χ1n) is 6.94. The second kappa shape index (κ2) is 6.06. The number of aromatic nitrogens is 1. The Morgan fingerprint density at radius 2 is 2.16 bits per heavy atom. The molecule has 0 spiro atoms. The van der Waals surface area contributed by atoms with Crippen LogP contribution in [0.5, 0.6) is 0 Å². The number of benzene rings is 1. The third kappa shape index (κ3) is 2.89. The predicted octanol–water partition coefficient (Wildman–Crippen LogP) is 2.97. The largest absolute Gasteiger partial charge is 0.419 e. The number of hydrogen-bond donors (Lipinski definition) is 1. The van der Waals surface area contributed by atoms with E-state index in [0.29, 0.717) is 11.6 Å². The van der Waals surface area contributed by atoms with Crippen LogP contribution in [0.25, 0.3) is 11.1 Å². The van der Waals surface area contributed by atoms with Crippen LogP contribution in [0.4, 0.5) is 0 Å². The average Bonchev–Trinajstić information content (AvgIpc) is 2.70. The molecule has 0 saturated carbocycles. The van der Waals surface area contributed by atoms with Crippen molar-refractivity contribution < 1.29 is 4.42 Å². The number of aryl methyl sites for hydroxylation is 1. The van der Waals surface area contributed by atoms with Crippen molar-refractivity contribution in [1.82, 2.24) is 9.88 Å². The first-order valence-corrected chi connectivity index (χ1v) is 6.94. The lowest BCUT2D eigenvalue weighted by Gasteiger charge is -2.16. The van der Waals surface area contributed by atoms with E-state index in [1.165, 1.54) is 29.4 Å². The van der Waals surface area contributed by atoms with E-state index in [9.17, 15) is 4.79 Å². The van der Waals surface area contributed by atoms with Crippen LogP contribution in [0.15, 0.2) is 27.4 Å². The Bertz CT molecular complexity index is 598. The molecule has 19 heavy (non-hydrogen) atoms. The van der Waals surface area contributed by atoms with Crippen molar-refractivity contribution in [1.29, 1.82) is 0 Å². The quantitative estimate of drug-likeness (QED) is 0.814. The highest BCUT2D eigenvalue weighted by Crippen LogP contribution is 2.23. The first-order chi connectivity index (χ1) is 9.17. The van der Waals surface area contributed by atoms with Gasteiger partial charge in [-0.2, -0.15) is 0 Å². The molecule has 1 atom stereocenters. The summed E-state index contributed by atoms with van der Waals surface area (Å²) in [5.74, 6) is -0.306. The van der Waals surface area contributed by atoms with Crippen LogP contribution in [-0.4, -0.2) is 11.6 Å². The first kappa shape index (κ1) is 13.9. The molecule has 0 aliphatic rings. The van der Waals surface area contributed by atoms with E-state index in [1.54, 1.807) is 7.05 Å². The molecule has 0 amide bonds. The molecule has 0 radical (unpaired) electrons. The van der Waals surface area contributed by atoms with Crippen LogP contribution in [0, 0.1) is 0 Å². The zero-order valence-electron chi connectivity index (χ0n) is 11.9. The molecule has 2 aromatic rings. The van der Waals surface area contributed by atoms with E-state index in [1.807, 2.05) is 19.2 Å². The Hall–Kier alpha value is -1.55. The minimum atomic E-state index is -0.306. The van der Waals surface area contributed by atoms with Crippen molar-refractivity contribution in [3.63, 3.8) is 0 Å². The maximum atomic E-state index is 11.5. The van der Waals surface area contributed by atoms with Crippen LogP contribution < -0.4 is 11.1 Å². The van der Waals surface area contributed by atoms with E-state index in [0.717, 1.165) is 11.9 Å². The molecule has 104 valence electrons. The summed E-state index contributed by atoms with van der Waals surface area (Å²) in [6.07, 6.45) is 4.79. The lowest BCUT2D eigenvalue weighted by Crippen LogP contribution is -2.16. The molecular formula is C15H22N2O2. The molecule has 0 aliphatic heterocycles. The van der Waals surface area contributed by atoms with Gasteiger partial charge in [0.2, 0.25) is 0 Å². The number of rotatable bonds is 6. The molecule has 1 aromatic carbocycles. The number of hydrogen-bond acceptors (Lipinski definition) is 3. The second-order valence-corrected chi connectivity index (χ2v) is 4.99. The van der Waals surface area contributed by atoms with Crippen LogP contribution in [-0.2, 0) is 7.05 Å². The lowest BCUT2D eigenvalue weighted by atomic mass is 10.0. The highest BCUT2D eigenvalue weighted by molar-refractivity contribution is 5.73. The summed E-state index contributed by atoms with van der Waals surface area (Å²) >= 11 is 0. The van der Waals surface area contributed by atoms with Crippen molar-refractivity contribution in [2.24, 2.45) is 7.05 Å². The van der Waals surface area contributed by atoms with Gasteiger partial charge in [0, 0.05) is 13.1 Å². The number of unbranched alkanes of at least 4 members (excludes halogenated alkanes) is 2. The normalized spacial score (nSPS) is 13.0. The van der Waals surface area contributed by atoms with Gasteiger partial charge in [-0.1, -0.05) is 32.3 Å². The van der Waals surface area contributed by atoms with Gasteiger partial charge in [-0.3, -0.25) is 4.57 Å². The molecule has 0 bridgehead atoms. The van der Waals surface area contributed by atoms with Crippen molar-refractivity contribution in [2.45, 2.75) is 38.6 Å². The van der Waals surface area contributed by atoms with Crippen LogP contribution in [0.1, 0.15) is 44.2 Å². The minimum absolute atomic E-state index is 0.306. The fourth-order valence-electron chi connectivity index (χ4n) is 2.44. The Balaban J connectivity index is 2.25. The van der Waals surface area contributed by atoms with E-state index < -0.39 is 0 Å². The Morgan fingerprint density at radius 3 is 2.84 bits per heavy atom. The van der Waals surface area contributed by atoms with Crippen molar-refractivity contribution in [2.75, 3.05) is 7.05 Å². The molecular weight excluding hydrogens is 240 g/mol. The Morgan fingerprint density at radius 1 is 1.37 bits per heavy atom. The third-order valence-electron chi connectivity index (χ3n) is 3.66. The van der Waals surface area contributed by atoms with Crippen LogP contribution in [0.2, 0.25) is 0 Å². The smallest absolute Gasteiger partial charge is 0.408 e. The van der Waals surface area contributed by atoms with Gasteiger partial charge in [0.25, 0.3) is 0 Å². The van der Waals surface area contributed by atoms with Gasteiger partial charge >= 0.3 is 5.76 Å². The van der Waals surface area contributed by atoms with Gasteiger partial charge in [-0.15, -0.1) is 0 Å². The van der Waals surface area contributed by atoms with E-state index >= 15 is 0 Å². The summed E-state index contributed by atoms with van der Waals surface area (Å²) in [5.41, 5.74) is 2.69. The van der Waals surface area contributed by atoms with Crippen LogP contribution in [0.3, 0.4) is 0 Å². The fraction of sp³-hybridized carbons (Fsp3) is 0.533. The van der Waals surface area contributed by atoms with Crippen molar-refractivity contribution >= 4 is 11.1 Å². The number of nitrogens with one attached hydrogen (secondary N) is 1. The molecule has 0 aliphatic carbocycles. The van der Waals surface area contributed by atoms with E-state index in [-0.39, 0.29) is 5.76 Å². The van der Waals surface area contributed by atoms with E-state index in [2.05, 4.69) is 18.3 Å². The molecule has 4 heteroatoms. The second-order valence-electron chi connectivity index (χ2n) is 4.99. The predicted molar refractivity (Wildman–Crippen MR) is 77.4 cm³/mol. The SMILES string of the molecule is CCCCCC(NC)c1ccc2c(c1)oc(=O)n2C. The molecule has 1 unspecified atom stereocenters. The summed E-state index contributed by atoms with van der Waals surface area (Å²) in [6, 6.07) is 6.33. The zero-order chi connectivity index (χ0) is 13.8. The van der Waals surface area contributed by atoms with Gasteiger partial charge < -0.3 is 9.73 Å². The van der Waals surface area contributed by atoms with Gasteiger partial charge in [0.1, 0.15) is 0 Å². The number of fused-ring (bicyclic) bond motifs is 1. The van der Waals surface area contributed by atoms with E-state index in [4.69, 9.17) is 4.42 Å². The summed E-state index contributed by atoms with van der Waals surface area (Å²) in [4.78, 5) is 11.5. The summed E-state index contributed by atoms with van der Waals surface area (Å²) in [5, 5.41) is 3.34. The number of nitrogens with zero attached hydrogens (tertiary/aromatic N) is 1. The lowest BCUT2D eigenvalue weighted by molar-refractivity contribution is 0.508. The molecule has 1 heterocycles. The molecule has 0 fully saturated rings. The maximum Gasteiger partial charge on any atom is 0.419 e. The van der Waals surface area contributed by atoms with Gasteiger partial charge in [0.05, 0.1) is 5.52 Å². The third-order valence-corrected chi connectivity index (χ3v) is 3.66. The maximum absolute atomic E-state index is 11.5. The molecule has 2 rings (SSSR count). The highest BCUT2D eigenvalue weighted by atomic mass is 16.4. The fourth-order valence-corrected chi connectivity index (χ4v) is 2.44. The Labute approximate surface area is 113 Å². The molecule has 4 nitrogen and oxygen atoms in total. The van der Waals surface area contributed by atoms with Crippen LogP contribution >= 0.6 is 0 Å². The number of oxazole rings is 1. The van der Waals surface area contributed by atoms with Crippen molar-refractivity contribution in [3.8, 4) is 0 Å². The molecule has 1 N–H and O–H groups in total. The summed E-state index contributed by atoms with van der Waals surface area (Å²) in [7, 11) is 3.70. The monoisotopic (exact) mass is 262 g/mol. The van der Waals surface area contributed by atoms with Gasteiger partial charge in [-0.05, 0) is 31.2 Å². The van der Waals surface area contributed by atoms with Crippen molar-refractivity contribution in [3.05, 3.63) is 34.3 Å². The van der Waals surface area contributed by atoms with Gasteiger partial charge in [0.15, 0.2) is 5.58 Å². The topological polar surface area (TPSA) is 47.2 Å². The summed E-state index contributed by atoms with van der Waals surface area (Å²) < 4.78 is 6.77. The summed E-state index contributed by atoms with van der Waals surface area (Å²) in [6.45, 7) is 2.21. The Kier molecular flexibility index (Phi) is 4.43. The molecule has 0 saturated heterocycles. The highest BCUT2D eigenvalue weighted by Gasteiger charge is 2.12. The van der Waals surface area contributed by atoms with Gasteiger partial charge in [-0.25, -0.2) is 4.79 Å². The average molecular weight is 262 g/mol. The minimum Gasteiger partial charge on any atom is -0.408 e. The molecule has 1 aromatic heterocycles. The standard InChI is InChI=1S/C15H22N2O2/c1-4-5-6-7-12(16-2)11-8-9-13-14(10-11)19-15(18)17(13)3/h8-10,12,16H,4-7H2,1-3H3.